The van der Waals surface area contributed by atoms with Gasteiger partial charge in [0.25, 0.3) is 0 Å². The first-order valence-corrected chi connectivity index (χ1v) is 7.11. The van der Waals surface area contributed by atoms with Crippen LogP contribution in [0, 0.1) is 0 Å². The minimum Gasteiger partial charge on any atom is -0.491 e. The van der Waals surface area contributed by atoms with Crippen LogP contribution >= 0.6 is 0 Å². The molecule has 0 saturated carbocycles. The summed E-state index contributed by atoms with van der Waals surface area (Å²) < 4.78 is 5.62. The van der Waals surface area contributed by atoms with E-state index in [0.717, 1.165) is 38.3 Å². The van der Waals surface area contributed by atoms with E-state index in [0.29, 0.717) is 13.2 Å². The zero-order valence-electron chi connectivity index (χ0n) is 11.6. The molecule has 106 valence electrons. The molecular formula is C15H24N2O2. The highest BCUT2D eigenvalue weighted by molar-refractivity contribution is 5.27. The SMILES string of the molecule is CCc1ccc(OCC(O)CN2CCNCC2)cc1. The molecule has 2 N–H and O–H groups in total. The van der Waals surface area contributed by atoms with Crippen LogP contribution < -0.4 is 10.1 Å². The van der Waals surface area contributed by atoms with Gasteiger partial charge in [0.2, 0.25) is 0 Å². The van der Waals surface area contributed by atoms with Gasteiger partial charge in [-0.3, -0.25) is 4.90 Å². The molecule has 1 aliphatic rings. The number of aliphatic hydroxyl groups excluding tert-OH is 1. The van der Waals surface area contributed by atoms with E-state index in [-0.39, 0.29) is 0 Å². The van der Waals surface area contributed by atoms with E-state index in [1.165, 1.54) is 5.56 Å². The van der Waals surface area contributed by atoms with Gasteiger partial charge in [0.05, 0.1) is 0 Å². The summed E-state index contributed by atoms with van der Waals surface area (Å²) in [5, 5.41) is 13.3. The quantitative estimate of drug-likeness (QED) is 0.801. The molecule has 0 spiro atoms. The van der Waals surface area contributed by atoms with Crippen LogP contribution in [0.25, 0.3) is 0 Å². The standard InChI is InChI=1S/C15H24N2O2/c1-2-13-3-5-15(6-4-13)19-12-14(18)11-17-9-7-16-8-10-17/h3-6,14,16,18H,2,7-12H2,1H3. The van der Waals surface area contributed by atoms with Crippen molar-refractivity contribution in [2.24, 2.45) is 0 Å². The number of hydrogen-bond donors (Lipinski definition) is 2. The third kappa shape index (κ3) is 4.82. The topological polar surface area (TPSA) is 44.7 Å². The van der Waals surface area contributed by atoms with Gasteiger partial charge in [0, 0.05) is 32.7 Å². The summed E-state index contributed by atoms with van der Waals surface area (Å²) in [5.41, 5.74) is 1.30. The van der Waals surface area contributed by atoms with Gasteiger partial charge >= 0.3 is 0 Å². The van der Waals surface area contributed by atoms with Crippen molar-refractivity contribution < 1.29 is 9.84 Å². The molecule has 0 radical (unpaired) electrons. The van der Waals surface area contributed by atoms with E-state index >= 15 is 0 Å². The predicted octanol–water partition coefficient (Wildman–Crippen LogP) is 0.894. The van der Waals surface area contributed by atoms with Gasteiger partial charge in [-0.15, -0.1) is 0 Å². The third-order valence-electron chi connectivity index (χ3n) is 3.45. The number of β-amino-alcohol motifs (C(OH)–C–C–N with tert-alkyl or cyclic N) is 1. The van der Waals surface area contributed by atoms with Crippen LogP contribution in [0.1, 0.15) is 12.5 Å². The maximum Gasteiger partial charge on any atom is 0.119 e. The number of benzene rings is 1. The van der Waals surface area contributed by atoms with Crippen LogP contribution in [0.15, 0.2) is 24.3 Å². The van der Waals surface area contributed by atoms with E-state index in [2.05, 4.69) is 29.3 Å². The maximum atomic E-state index is 9.98. The van der Waals surface area contributed by atoms with Crippen molar-refractivity contribution in [3.8, 4) is 5.75 Å². The van der Waals surface area contributed by atoms with Gasteiger partial charge in [-0.25, -0.2) is 0 Å². The van der Waals surface area contributed by atoms with Gasteiger partial charge < -0.3 is 15.2 Å². The lowest BCUT2D eigenvalue weighted by Gasteiger charge is -2.29. The van der Waals surface area contributed by atoms with Crippen molar-refractivity contribution in [1.82, 2.24) is 10.2 Å². The number of rotatable bonds is 6. The largest absolute Gasteiger partial charge is 0.491 e. The van der Waals surface area contributed by atoms with Gasteiger partial charge in [-0.2, -0.15) is 0 Å². The number of nitrogens with one attached hydrogen (secondary N) is 1. The molecule has 0 aliphatic carbocycles. The molecule has 1 aromatic rings. The van der Waals surface area contributed by atoms with E-state index in [1.807, 2.05) is 12.1 Å². The Morgan fingerprint density at radius 3 is 2.58 bits per heavy atom. The molecule has 1 unspecified atom stereocenters. The minimum atomic E-state index is -0.427. The number of aryl methyl sites for hydroxylation is 1. The second kappa shape index (κ2) is 7.48. The Bertz CT molecular complexity index is 361. The van der Waals surface area contributed by atoms with E-state index in [9.17, 15) is 5.11 Å². The van der Waals surface area contributed by atoms with Gasteiger partial charge in [-0.05, 0) is 24.1 Å². The molecule has 4 nitrogen and oxygen atoms in total. The molecule has 1 atom stereocenters. The lowest BCUT2D eigenvalue weighted by molar-refractivity contribution is 0.0641. The van der Waals surface area contributed by atoms with Crippen molar-refractivity contribution in [2.45, 2.75) is 19.4 Å². The van der Waals surface area contributed by atoms with Crippen LogP contribution in [0.2, 0.25) is 0 Å². The second-order valence-corrected chi connectivity index (χ2v) is 5.01. The number of piperazine rings is 1. The Morgan fingerprint density at radius 1 is 1.26 bits per heavy atom. The van der Waals surface area contributed by atoms with Crippen LogP contribution in [-0.2, 0) is 6.42 Å². The van der Waals surface area contributed by atoms with Gasteiger partial charge in [0.15, 0.2) is 0 Å². The van der Waals surface area contributed by atoms with Crippen LogP contribution in [0.5, 0.6) is 5.75 Å². The highest BCUT2D eigenvalue weighted by Crippen LogP contribution is 2.12. The van der Waals surface area contributed by atoms with Crippen LogP contribution in [0.3, 0.4) is 0 Å². The molecule has 1 aliphatic heterocycles. The molecule has 2 rings (SSSR count). The monoisotopic (exact) mass is 264 g/mol. The molecule has 1 fully saturated rings. The highest BCUT2D eigenvalue weighted by Gasteiger charge is 2.14. The fourth-order valence-electron chi connectivity index (χ4n) is 2.26. The van der Waals surface area contributed by atoms with E-state index in [1.54, 1.807) is 0 Å². The first kappa shape index (κ1) is 14.3. The predicted molar refractivity (Wildman–Crippen MR) is 76.6 cm³/mol. The second-order valence-electron chi connectivity index (χ2n) is 5.01. The van der Waals surface area contributed by atoms with E-state index in [4.69, 9.17) is 4.74 Å². The summed E-state index contributed by atoms with van der Waals surface area (Å²) in [5.74, 6) is 0.830. The Hall–Kier alpha value is -1.10. The minimum absolute atomic E-state index is 0.357. The molecular weight excluding hydrogens is 240 g/mol. The van der Waals surface area contributed by atoms with Gasteiger partial charge in [-0.1, -0.05) is 19.1 Å². The normalized spacial score (nSPS) is 18.2. The maximum absolute atomic E-state index is 9.98. The lowest BCUT2D eigenvalue weighted by Crippen LogP contribution is -2.47. The first-order valence-electron chi connectivity index (χ1n) is 7.11. The number of nitrogens with zero attached hydrogens (tertiary/aromatic N) is 1. The smallest absolute Gasteiger partial charge is 0.119 e. The average Bonchev–Trinajstić information content (AvgIpc) is 2.47. The van der Waals surface area contributed by atoms with Crippen LogP contribution in [-0.4, -0.2) is 55.4 Å². The Labute approximate surface area is 115 Å². The molecule has 0 bridgehead atoms. The summed E-state index contributed by atoms with van der Waals surface area (Å²) in [6.45, 7) is 7.19. The molecule has 0 aromatic heterocycles. The zero-order chi connectivity index (χ0) is 13.5. The lowest BCUT2D eigenvalue weighted by atomic mass is 10.2. The summed E-state index contributed by atoms with van der Waals surface area (Å²) in [7, 11) is 0. The van der Waals surface area contributed by atoms with Crippen molar-refractivity contribution in [3.63, 3.8) is 0 Å². The molecule has 19 heavy (non-hydrogen) atoms. The van der Waals surface area contributed by atoms with Crippen molar-refractivity contribution >= 4 is 0 Å². The zero-order valence-corrected chi connectivity index (χ0v) is 11.6. The summed E-state index contributed by atoms with van der Waals surface area (Å²) >= 11 is 0. The highest BCUT2D eigenvalue weighted by atomic mass is 16.5. The van der Waals surface area contributed by atoms with E-state index < -0.39 is 6.10 Å². The fourth-order valence-corrected chi connectivity index (χ4v) is 2.26. The number of hydrogen-bond acceptors (Lipinski definition) is 4. The Kier molecular flexibility index (Phi) is 5.63. The summed E-state index contributed by atoms with van der Waals surface area (Å²) in [6.07, 6.45) is 0.607. The molecule has 1 heterocycles. The van der Waals surface area contributed by atoms with Crippen molar-refractivity contribution in [2.75, 3.05) is 39.3 Å². The summed E-state index contributed by atoms with van der Waals surface area (Å²) in [6, 6.07) is 8.07. The van der Waals surface area contributed by atoms with Crippen molar-refractivity contribution in [1.29, 1.82) is 0 Å². The van der Waals surface area contributed by atoms with Gasteiger partial charge in [0.1, 0.15) is 18.5 Å². The fraction of sp³-hybridized carbons (Fsp3) is 0.600. The third-order valence-corrected chi connectivity index (χ3v) is 3.45. The van der Waals surface area contributed by atoms with Crippen molar-refractivity contribution in [3.05, 3.63) is 29.8 Å². The molecule has 1 saturated heterocycles. The van der Waals surface area contributed by atoms with Crippen LogP contribution in [0.4, 0.5) is 0 Å². The number of aliphatic hydroxyl groups is 1. The Morgan fingerprint density at radius 2 is 1.95 bits per heavy atom. The Balaban J connectivity index is 1.71. The average molecular weight is 264 g/mol. The molecule has 4 heteroatoms. The molecule has 0 amide bonds. The molecule has 1 aromatic carbocycles. The number of ether oxygens (including phenoxy) is 1. The first-order chi connectivity index (χ1) is 9.28. The summed E-state index contributed by atoms with van der Waals surface area (Å²) in [4.78, 5) is 2.27.